The number of hydrogen-bond acceptors (Lipinski definition) is 7. The van der Waals surface area contributed by atoms with Crippen molar-refractivity contribution >= 4 is 40.1 Å². The standard InChI is InChI=1S/C24H27ClFN5O2S/c1-16-11-24(14-33-16)5-9-30(10-6-24)19-12-28-20(13-27-19)34-18-4-3-17-21(22(18)25)23(32)31(15-29-17)8-2-7-26/h3-4,12-13,15-16H,2,5-11,14H2,1H3/t16-/m0/s1. The molecule has 10 heteroatoms. The summed E-state index contributed by atoms with van der Waals surface area (Å²) < 4.78 is 19.8. The second kappa shape index (κ2) is 9.79. The van der Waals surface area contributed by atoms with E-state index >= 15 is 0 Å². The molecule has 0 N–H and O–H groups in total. The Kier molecular flexibility index (Phi) is 6.77. The first-order valence-electron chi connectivity index (χ1n) is 11.6. The summed E-state index contributed by atoms with van der Waals surface area (Å²) in [5.74, 6) is 0.871. The van der Waals surface area contributed by atoms with E-state index in [1.54, 1.807) is 18.5 Å². The number of aryl methyl sites for hydroxylation is 1. The number of anilines is 1. The van der Waals surface area contributed by atoms with Gasteiger partial charge in [0.15, 0.2) is 0 Å². The molecule has 0 saturated carbocycles. The molecular formula is C24H27ClFN5O2S. The molecule has 2 aliphatic heterocycles. The molecule has 0 aliphatic carbocycles. The van der Waals surface area contributed by atoms with Gasteiger partial charge in [-0.25, -0.2) is 15.0 Å². The zero-order valence-corrected chi connectivity index (χ0v) is 20.6. The first-order valence-corrected chi connectivity index (χ1v) is 12.8. The van der Waals surface area contributed by atoms with Crippen molar-refractivity contribution in [1.82, 2.24) is 19.5 Å². The summed E-state index contributed by atoms with van der Waals surface area (Å²) in [4.78, 5) is 29.4. The number of aromatic nitrogens is 4. The van der Waals surface area contributed by atoms with Crippen LogP contribution in [0.25, 0.3) is 10.9 Å². The fourth-order valence-corrected chi connectivity index (χ4v) is 6.02. The van der Waals surface area contributed by atoms with E-state index in [0.717, 1.165) is 44.8 Å². The van der Waals surface area contributed by atoms with Crippen LogP contribution in [0.2, 0.25) is 5.02 Å². The van der Waals surface area contributed by atoms with Crippen molar-refractivity contribution in [1.29, 1.82) is 0 Å². The summed E-state index contributed by atoms with van der Waals surface area (Å²) in [6.45, 7) is 4.71. The molecule has 34 heavy (non-hydrogen) atoms. The third kappa shape index (κ3) is 4.65. The van der Waals surface area contributed by atoms with Gasteiger partial charge in [0.2, 0.25) is 0 Å². The first-order chi connectivity index (χ1) is 16.5. The fourth-order valence-electron chi connectivity index (χ4n) is 4.90. The summed E-state index contributed by atoms with van der Waals surface area (Å²) in [6.07, 6.45) is 8.97. The molecule has 7 nitrogen and oxygen atoms in total. The van der Waals surface area contributed by atoms with Crippen molar-refractivity contribution in [2.45, 2.75) is 55.2 Å². The predicted molar refractivity (Wildman–Crippen MR) is 132 cm³/mol. The number of alkyl halides is 1. The predicted octanol–water partition coefficient (Wildman–Crippen LogP) is 4.75. The number of rotatable bonds is 6. The molecule has 3 aromatic rings. The molecule has 2 fully saturated rings. The number of nitrogens with zero attached hydrogens (tertiary/aromatic N) is 5. The summed E-state index contributed by atoms with van der Waals surface area (Å²) in [6, 6.07) is 3.60. The van der Waals surface area contributed by atoms with Crippen molar-refractivity contribution in [3.05, 3.63) is 46.2 Å². The molecular weight excluding hydrogens is 477 g/mol. The lowest BCUT2D eigenvalue weighted by Crippen LogP contribution is -2.41. The minimum Gasteiger partial charge on any atom is -0.378 e. The van der Waals surface area contributed by atoms with Crippen LogP contribution in [0.4, 0.5) is 10.2 Å². The van der Waals surface area contributed by atoms with Gasteiger partial charge in [-0.05, 0) is 50.2 Å². The lowest BCUT2D eigenvalue weighted by atomic mass is 9.77. The quantitative estimate of drug-likeness (QED) is 0.480. The molecule has 4 heterocycles. The highest BCUT2D eigenvalue weighted by Gasteiger charge is 2.41. The number of halogens is 2. The smallest absolute Gasteiger partial charge is 0.262 e. The molecule has 0 radical (unpaired) electrons. The number of benzene rings is 1. The molecule has 2 aromatic heterocycles. The summed E-state index contributed by atoms with van der Waals surface area (Å²) in [5.41, 5.74) is 0.574. The van der Waals surface area contributed by atoms with Gasteiger partial charge in [-0.1, -0.05) is 23.4 Å². The van der Waals surface area contributed by atoms with Crippen molar-refractivity contribution in [3.8, 4) is 0 Å². The number of ether oxygens (including phenoxy) is 1. The lowest BCUT2D eigenvalue weighted by Gasteiger charge is -2.38. The molecule has 1 atom stereocenters. The van der Waals surface area contributed by atoms with Crippen LogP contribution in [0.15, 0.2) is 45.6 Å². The fraction of sp³-hybridized carbons (Fsp3) is 0.500. The van der Waals surface area contributed by atoms with E-state index in [-0.39, 0.29) is 18.5 Å². The monoisotopic (exact) mass is 503 g/mol. The third-order valence-corrected chi connectivity index (χ3v) is 8.28. The summed E-state index contributed by atoms with van der Waals surface area (Å²) in [5, 5.41) is 1.36. The van der Waals surface area contributed by atoms with E-state index in [2.05, 4.69) is 26.8 Å². The Morgan fingerprint density at radius 2 is 2.06 bits per heavy atom. The van der Waals surface area contributed by atoms with Gasteiger partial charge in [0, 0.05) is 24.5 Å². The normalized spacial score (nSPS) is 19.9. The van der Waals surface area contributed by atoms with Gasteiger partial charge in [-0.15, -0.1) is 0 Å². The van der Waals surface area contributed by atoms with Crippen LogP contribution in [0, 0.1) is 5.41 Å². The van der Waals surface area contributed by atoms with E-state index in [1.165, 1.54) is 22.7 Å². The van der Waals surface area contributed by atoms with Crippen LogP contribution < -0.4 is 10.5 Å². The Morgan fingerprint density at radius 1 is 1.24 bits per heavy atom. The van der Waals surface area contributed by atoms with Gasteiger partial charge in [0.25, 0.3) is 5.56 Å². The summed E-state index contributed by atoms with van der Waals surface area (Å²) >= 11 is 7.97. The highest BCUT2D eigenvalue weighted by Crippen LogP contribution is 2.42. The number of piperidine rings is 1. The van der Waals surface area contributed by atoms with Crippen LogP contribution in [-0.2, 0) is 11.3 Å². The van der Waals surface area contributed by atoms with Gasteiger partial charge in [0.05, 0.1) is 54.0 Å². The van der Waals surface area contributed by atoms with E-state index in [4.69, 9.17) is 16.3 Å². The Balaban J connectivity index is 1.30. The Morgan fingerprint density at radius 3 is 2.74 bits per heavy atom. The van der Waals surface area contributed by atoms with Gasteiger partial charge in [0.1, 0.15) is 10.8 Å². The Hall–Kier alpha value is -2.23. The summed E-state index contributed by atoms with van der Waals surface area (Å²) in [7, 11) is 0. The van der Waals surface area contributed by atoms with Gasteiger partial charge < -0.3 is 9.64 Å². The van der Waals surface area contributed by atoms with Crippen LogP contribution in [0.5, 0.6) is 0 Å². The average molecular weight is 504 g/mol. The molecule has 2 saturated heterocycles. The molecule has 180 valence electrons. The van der Waals surface area contributed by atoms with E-state index < -0.39 is 6.67 Å². The van der Waals surface area contributed by atoms with Crippen molar-refractivity contribution in [2.75, 3.05) is 31.3 Å². The van der Waals surface area contributed by atoms with E-state index in [0.29, 0.717) is 37.4 Å². The van der Waals surface area contributed by atoms with E-state index in [9.17, 15) is 9.18 Å². The van der Waals surface area contributed by atoms with Crippen molar-refractivity contribution in [3.63, 3.8) is 0 Å². The molecule has 5 rings (SSSR count). The first kappa shape index (κ1) is 23.5. The van der Waals surface area contributed by atoms with Gasteiger partial charge >= 0.3 is 0 Å². The molecule has 0 bridgehead atoms. The van der Waals surface area contributed by atoms with E-state index in [1.807, 2.05) is 6.07 Å². The Bertz CT molecular complexity index is 1230. The Labute approximate surface area is 206 Å². The molecule has 0 unspecified atom stereocenters. The highest BCUT2D eigenvalue weighted by atomic mass is 35.5. The van der Waals surface area contributed by atoms with Gasteiger partial charge in [-0.3, -0.25) is 13.8 Å². The molecule has 0 amide bonds. The average Bonchev–Trinajstić information content (AvgIpc) is 3.21. The lowest BCUT2D eigenvalue weighted by molar-refractivity contribution is 0.0976. The van der Waals surface area contributed by atoms with Gasteiger partial charge in [-0.2, -0.15) is 0 Å². The maximum Gasteiger partial charge on any atom is 0.262 e. The second-order valence-electron chi connectivity index (χ2n) is 9.19. The molecule has 1 aromatic carbocycles. The molecule has 1 spiro atoms. The maximum atomic E-state index is 12.9. The van der Waals surface area contributed by atoms with Crippen LogP contribution >= 0.6 is 23.4 Å². The van der Waals surface area contributed by atoms with Crippen LogP contribution in [-0.4, -0.2) is 52.0 Å². The maximum absolute atomic E-state index is 12.9. The second-order valence-corrected chi connectivity index (χ2v) is 10.6. The molecule has 2 aliphatic rings. The van der Waals surface area contributed by atoms with Crippen molar-refractivity contribution < 1.29 is 9.13 Å². The van der Waals surface area contributed by atoms with Crippen molar-refractivity contribution in [2.24, 2.45) is 5.41 Å². The number of hydrogen-bond donors (Lipinski definition) is 0. The zero-order chi connectivity index (χ0) is 23.7. The minimum absolute atomic E-state index is 0.256. The largest absolute Gasteiger partial charge is 0.378 e. The highest BCUT2D eigenvalue weighted by molar-refractivity contribution is 7.99. The third-order valence-electron chi connectivity index (χ3n) is 6.80. The minimum atomic E-state index is -0.491. The van der Waals surface area contributed by atoms with Crippen LogP contribution in [0.1, 0.15) is 32.6 Å². The zero-order valence-electron chi connectivity index (χ0n) is 19.0. The number of fused-ring (bicyclic) bond motifs is 1. The SMILES string of the molecule is C[C@H]1CC2(CCN(c3cnc(Sc4ccc5ncn(CCCF)c(=O)c5c4Cl)cn3)CC2)CO1. The topological polar surface area (TPSA) is 73.1 Å². The van der Waals surface area contributed by atoms with Crippen LogP contribution in [0.3, 0.4) is 0 Å².